The maximum atomic E-state index is 12.3. The summed E-state index contributed by atoms with van der Waals surface area (Å²) in [7, 11) is 0. The lowest BCUT2D eigenvalue weighted by Crippen LogP contribution is -2.43. The van der Waals surface area contributed by atoms with Gasteiger partial charge in [-0.15, -0.1) is 0 Å². The van der Waals surface area contributed by atoms with Crippen LogP contribution < -0.4 is 15.5 Å². The minimum absolute atomic E-state index is 0.0397. The number of benzene rings is 2. The second kappa shape index (κ2) is 6.70. The number of aromatic nitrogens is 1. The minimum atomic E-state index is -0.362. The molecule has 128 valence electrons. The lowest BCUT2D eigenvalue weighted by atomic mass is 10.2. The van der Waals surface area contributed by atoms with Crippen LogP contribution in [0.3, 0.4) is 0 Å². The lowest BCUT2D eigenvalue weighted by molar-refractivity contribution is 0.102. The first-order valence-corrected chi connectivity index (χ1v) is 8.98. The maximum absolute atomic E-state index is 12.3. The average molecular weight is 354 g/mol. The zero-order chi connectivity index (χ0) is 17.2. The molecule has 7 heteroatoms. The minimum Gasteiger partial charge on any atom is -0.507 e. The maximum Gasteiger partial charge on any atom is 0.261 e. The molecule has 0 radical (unpaired) electrons. The van der Waals surface area contributed by atoms with Crippen LogP contribution in [0.15, 0.2) is 42.5 Å². The molecule has 0 bridgehead atoms. The largest absolute Gasteiger partial charge is 0.507 e. The zero-order valence-electron chi connectivity index (χ0n) is 13.5. The fraction of sp³-hybridized carbons (Fsp3) is 0.222. The molecule has 3 N–H and O–H groups in total. The van der Waals surface area contributed by atoms with Crippen molar-refractivity contribution >= 4 is 38.3 Å². The van der Waals surface area contributed by atoms with Gasteiger partial charge in [0.25, 0.3) is 5.91 Å². The van der Waals surface area contributed by atoms with E-state index < -0.39 is 0 Å². The molecule has 4 rings (SSSR count). The van der Waals surface area contributed by atoms with Crippen molar-refractivity contribution in [3.63, 3.8) is 0 Å². The molecule has 6 nitrogen and oxygen atoms in total. The molecular weight excluding hydrogens is 336 g/mol. The van der Waals surface area contributed by atoms with E-state index >= 15 is 0 Å². The van der Waals surface area contributed by atoms with Crippen molar-refractivity contribution in [2.45, 2.75) is 0 Å². The van der Waals surface area contributed by atoms with Gasteiger partial charge in [-0.1, -0.05) is 23.5 Å². The van der Waals surface area contributed by atoms with Gasteiger partial charge in [0.05, 0.1) is 15.8 Å². The van der Waals surface area contributed by atoms with Gasteiger partial charge in [0.2, 0.25) is 0 Å². The highest BCUT2D eigenvalue weighted by Crippen LogP contribution is 2.30. The number of fused-ring (bicyclic) bond motifs is 1. The number of carbonyl (C=O) groups is 1. The molecule has 1 aliphatic rings. The van der Waals surface area contributed by atoms with E-state index in [0.29, 0.717) is 5.13 Å². The van der Waals surface area contributed by atoms with Gasteiger partial charge in [-0.3, -0.25) is 10.1 Å². The molecular formula is C18H18N4O2S. The summed E-state index contributed by atoms with van der Waals surface area (Å²) in [6.07, 6.45) is 0. The number of para-hydroxylation sites is 1. The second-order valence-corrected chi connectivity index (χ2v) is 6.91. The van der Waals surface area contributed by atoms with Crippen molar-refractivity contribution in [3.8, 4) is 5.75 Å². The molecule has 2 aromatic carbocycles. The van der Waals surface area contributed by atoms with Crippen LogP contribution in [0.5, 0.6) is 5.75 Å². The van der Waals surface area contributed by atoms with Gasteiger partial charge < -0.3 is 15.3 Å². The van der Waals surface area contributed by atoms with E-state index in [0.717, 1.165) is 42.1 Å². The number of anilines is 2. The Labute approximate surface area is 149 Å². The number of phenolic OH excluding ortho intramolecular Hbond substituents is 1. The molecule has 1 aromatic heterocycles. The lowest BCUT2D eigenvalue weighted by Gasteiger charge is -2.29. The van der Waals surface area contributed by atoms with Crippen LogP contribution in [-0.2, 0) is 0 Å². The molecule has 25 heavy (non-hydrogen) atoms. The molecule has 0 aliphatic carbocycles. The second-order valence-electron chi connectivity index (χ2n) is 5.88. The SMILES string of the molecule is O=C(Nc1nc2cc(N3CCNCC3)ccc2s1)c1ccccc1O. The normalized spacial score (nSPS) is 14.6. The fourth-order valence-electron chi connectivity index (χ4n) is 2.92. The summed E-state index contributed by atoms with van der Waals surface area (Å²) in [5, 5.41) is 16.4. The molecule has 1 amide bonds. The summed E-state index contributed by atoms with van der Waals surface area (Å²) in [5.74, 6) is -0.401. The number of piperazine rings is 1. The molecule has 0 saturated carbocycles. The van der Waals surface area contributed by atoms with E-state index in [9.17, 15) is 9.90 Å². The molecule has 1 saturated heterocycles. The Kier molecular flexibility index (Phi) is 4.25. The Bertz CT molecular complexity index is 918. The number of thiazole rings is 1. The first kappa shape index (κ1) is 15.9. The van der Waals surface area contributed by atoms with Crippen LogP contribution in [0.4, 0.5) is 10.8 Å². The van der Waals surface area contributed by atoms with E-state index in [1.807, 2.05) is 6.07 Å². The summed E-state index contributed by atoms with van der Waals surface area (Å²) in [5.41, 5.74) is 2.26. The van der Waals surface area contributed by atoms with E-state index in [1.165, 1.54) is 17.4 Å². The highest BCUT2D eigenvalue weighted by Gasteiger charge is 2.15. The molecule has 0 unspecified atom stereocenters. The van der Waals surface area contributed by atoms with E-state index in [2.05, 4.69) is 32.7 Å². The zero-order valence-corrected chi connectivity index (χ0v) is 14.3. The number of amides is 1. The van der Waals surface area contributed by atoms with Gasteiger partial charge in [-0.25, -0.2) is 4.98 Å². The molecule has 3 aromatic rings. The monoisotopic (exact) mass is 354 g/mol. The fourth-order valence-corrected chi connectivity index (χ4v) is 3.76. The van der Waals surface area contributed by atoms with Gasteiger partial charge >= 0.3 is 0 Å². The van der Waals surface area contributed by atoms with Crippen LogP contribution in [0.1, 0.15) is 10.4 Å². The topological polar surface area (TPSA) is 77.5 Å². The van der Waals surface area contributed by atoms with E-state index in [-0.39, 0.29) is 17.2 Å². The number of rotatable bonds is 3. The Morgan fingerprint density at radius 3 is 2.80 bits per heavy atom. The highest BCUT2D eigenvalue weighted by molar-refractivity contribution is 7.22. The van der Waals surface area contributed by atoms with Crippen LogP contribution in [-0.4, -0.2) is 42.2 Å². The number of aromatic hydroxyl groups is 1. The first-order chi connectivity index (χ1) is 12.2. The Hall–Kier alpha value is -2.64. The number of hydrogen-bond acceptors (Lipinski definition) is 6. The Morgan fingerprint density at radius 2 is 2.00 bits per heavy atom. The summed E-state index contributed by atoms with van der Waals surface area (Å²) < 4.78 is 1.02. The third-order valence-corrected chi connectivity index (χ3v) is 5.17. The Balaban J connectivity index is 1.56. The molecule has 0 spiro atoms. The van der Waals surface area contributed by atoms with Crippen molar-refractivity contribution < 1.29 is 9.90 Å². The van der Waals surface area contributed by atoms with Crippen LogP contribution in [0.25, 0.3) is 10.2 Å². The van der Waals surface area contributed by atoms with Gasteiger partial charge in [0.15, 0.2) is 5.13 Å². The van der Waals surface area contributed by atoms with Crippen molar-refractivity contribution in [2.24, 2.45) is 0 Å². The van der Waals surface area contributed by atoms with Crippen LogP contribution in [0.2, 0.25) is 0 Å². The first-order valence-electron chi connectivity index (χ1n) is 8.16. The van der Waals surface area contributed by atoms with Crippen molar-refractivity contribution in [1.29, 1.82) is 0 Å². The highest BCUT2D eigenvalue weighted by atomic mass is 32.1. The summed E-state index contributed by atoms with van der Waals surface area (Å²) in [4.78, 5) is 19.2. The van der Waals surface area contributed by atoms with Crippen molar-refractivity contribution in [3.05, 3.63) is 48.0 Å². The number of nitrogens with zero attached hydrogens (tertiary/aromatic N) is 2. The predicted octanol–water partition coefficient (Wildman–Crippen LogP) is 2.66. The summed E-state index contributed by atoms with van der Waals surface area (Å²) in [6, 6.07) is 12.7. The molecule has 0 atom stereocenters. The molecule has 1 fully saturated rings. The average Bonchev–Trinajstić information content (AvgIpc) is 3.04. The van der Waals surface area contributed by atoms with Crippen molar-refractivity contribution in [1.82, 2.24) is 10.3 Å². The van der Waals surface area contributed by atoms with Gasteiger partial charge in [-0.2, -0.15) is 0 Å². The smallest absolute Gasteiger partial charge is 0.261 e. The summed E-state index contributed by atoms with van der Waals surface area (Å²) >= 11 is 1.43. The number of phenols is 1. The number of nitrogens with one attached hydrogen (secondary N) is 2. The van der Waals surface area contributed by atoms with Crippen LogP contribution >= 0.6 is 11.3 Å². The van der Waals surface area contributed by atoms with E-state index in [1.54, 1.807) is 18.2 Å². The van der Waals surface area contributed by atoms with Gasteiger partial charge in [0, 0.05) is 31.9 Å². The van der Waals surface area contributed by atoms with Gasteiger partial charge in [0.1, 0.15) is 5.75 Å². The molecule has 1 aliphatic heterocycles. The Morgan fingerprint density at radius 1 is 1.20 bits per heavy atom. The third-order valence-electron chi connectivity index (χ3n) is 4.22. The van der Waals surface area contributed by atoms with Gasteiger partial charge in [-0.05, 0) is 30.3 Å². The molecule has 2 heterocycles. The predicted molar refractivity (Wildman–Crippen MR) is 101 cm³/mol. The van der Waals surface area contributed by atoms with E-state index in [4.69, 9.17) is 0 Å². The standard InChI is InChI=1S/C18H18N4O2S/c23-15-4-2-1-3-13(15)17(24)21-18-20-14-11-12(5-6-16(14)25-18)22-9-7-19-8-10-22/h1-6,11,19,23H,7-10H2,(H,20,21,24). The van der Waals surface area contributed by atoms with Crippen molar-refractivity contribution in [2.75, 3.05) is 36.4 Å². The number of hydrogen-bond donors (Lipinski definition) is 3. The quantitative estimate of drug-likeness (QED) is 0.674. The number of carbonyl (C=O) groups excluding carboxylic acids is 1. The van der Waals surface area contributed by atoms with Crippen LogP contribution in [0, 0.1) is 0 Å². The summed E-state index contributed by atoms with van der Waals surface area (Å²) in [6.45, 7) is 3.92. The third kappa shape index (κ3) is 3.29.